The van der Waals surface area contributed by atoms with Gasteiger partial charge in [0.25, 0.3) is 0 Å². The predicted molar refractivity (Wildman–Crippen MR) is 141 cm³/mol. The Morgan fingerprint density at radius 3 is 2.49 bits per heavy atom. The topological polar surface area (TPSA) is 77.4 Å². The Kier molecular flexibility index (Phi) is 10.0. The molecule has 3 aliphatic rings. The Balaban J connectivity index is 0.000000207. The van der Waals surface area contributed by atoms with E-state index in [4.69, 9.17) is 18.0 Å². The molecule has 0 radical (unpaired) electrons. The molecule has 4 rings (SSSR count). The highest BCUT2D eigenvalue weighted by Crippen LogP contribution is 2.60. The molecule has 198 valence electrons. The van der Waals surface area contributed by atoms with Gasteiger partial charge in [-0.05, 0) is 98.3 Å². The van der Waals surface area contributed by atoms with Crippen LogP contribution < -0.4 is 0 Å². The molecular weight excluding hydrogens is 460 g/mol. The standard InChI is InChI=1S/C18H24O2.C10H22O4Si/c1-18-9-8-14-13-5-3-12(19)10-11(13)2-4-15(14)16(18)6-7-17(18)20;1-10(2)9-14-7-6-8-15(11-3,12-4)13-5/h3,5,10,14-17,19-20H,2,4,6-9H2,1H3;1,6-9H2,2-5H3/t14-,15-,16+,17+,18+;/m1./s1. The Bertz CT molecular complexity index is 832. The van der Waals surface area contributed by atoms with Gasteiger partial charge in [-0.3, -0.25) is 0 Å². The van der Waals surface area contributed by atoms with Crippen LogP contribution >= 0.6 is 0 Å². The summed E-state index contributed by atoms with van der Waals surface area (Å²) in [7, 11) is 2.46. The van der Waals surface area contributed by atoms with Crippen molar-refractivity contribution in [3.05, 3.63) is 41.5 Å². The van der Waals surface area contributed by atoms with E-state index in [0.717, 1.165) is 43.2 Å². The monoisotopic (exact) mass is 506 g/mol. The maximum Gasteiger partial charge on any atom is 0.500 e. The number of rotatable bonds is 9. The lowest BCUT2D eigenvalue weighted by Crippen LogP contribution is -2.43. The highest BCUT2D eigenvalue weighted by molar-refractivity contribution is 6.60. The molecule has 0 aliphatic heterocycles. The summed E-state index contributed by atoms with van der Waals surface area (Å²) in [5.41, 5.74) is 4.02. The molecule has 0 spiro atoms. The first-order valence-corrected chi connectivity index (χ1v) is 15.0. The minimum atomic E-state index is -2.40. The third-order valence-corrected chi connectivity index (χ3v) is 11.5. The third-order valence-electron chi connectivity index (χ3n) is 8.71. The lowest BCUT2D eigenvalue weighted by Gasteiger charge is -2.50. The molecular formula is C28H46O6Si. The van der Waals surface area contributed by atoms with Crippen LogP contribution in [0.1, 0.15) is 69.4 Å². The number of aliphatic hydroxyl groups excluding tert-OH is 1. The highest BCUT2D eigenvalue weighted by Gasteiger charge is 2.54. The van der Waals surface area contributed by atoms with Crippen molar-refractivity contribution >= 4 is 8.80 Å². The van der Waals surface area contributed by atoms with Gasteiger partial charge >= 0.3 is 8.80 Å². The van der Waals surface area contributed by atoms with Gasteiger partial charge in [-0.15, -0.1) is 0 Å². The molecule has 6 nitrogen and oxygen atoms in total. The van der Waals surface area contributed by atoms with E-state index in [1.807, 2.05) is 19.1 Å². The van der Waals surface area contributed by atoms with Crippen molar-refractivity contribution in [3.63, 3.8) is 0 Å². The summed E-state index contributed by atoms with van der Waals surface area (Å²) in [6.07, 6.45) is 7.65. The quantitative estimate of drug-likeness (QED) is 0.263. The third kappa shape index (κ3) is 6.38. The Labute approximate surface area is 213 Å². The molecule has 2 saturated carbocycles. The van der Waals surface area contributed by atoms with Gasteiger partial charge < -0.3 is 28.2 Å². The molecule has 0 unspecified atom stereocenters. The molecule has 0 heterocycles. The normalized spacial score (nSPS) is 29.4. The van der Waals surface area contributed by atoms with Crippen molar-refractivity contribution in [2.45, 2.75) is 76.9 Å². The average Bonchev–Trinajstić information content (AvgIpc) is 3.16. The molecule has 2 fully saturated rings. The minimum Gasteiger partial charge on any atom is -0.508 e. The molecule has 1 aromatic carbocycles. The van der Waals surface area contributed by atoms with Crippen LogP contribution in [0.4, 0.5) is 0 Å². The fourth-order valence-corrected chi connectivity index (χ4v) is 8.42. The first-order valence-electron chi connectivity index (χ1n) is 13.1. The molecule has 0 amide bonds. The molecule has 0 saturated heterocycles. The average molecular weight is 507 g/mol. The van der Waals surface area contributed by atoms with Gasteiger partial charge in [0.05, 0.1) is 12.7 Å². The zero-order valence-electron chi connectivity index (χ0n) is 22.3. The number of phenolic OH excluding ortho intramolecular Hbond substituents is 1. The van der Waals surface area contributed by atoms with Crippen molar-refractivity contribution in [2.24, 2.45) is 17.3 Å². The van der Waals surface area contributed by atoms with E-state index in [1.165, 1.54) is 30.4 Å². The summed E-state index contributed by atoms with van der Waals surface area (Å²) in [4.78, 5) is 0. The summed E-state index contributed by atoms with van der Waals surface area (Å²) in [5, 5.41) is 20.0. The SMILES string of the molecule is C=C(C)COCCC[Si](OC)(OC)OC.C[C@]12CC[C@@H]3c4ccc(O)cc4CC[C@H]3[C@@H]1CC[C@@H]2O. The van der Waals surface area contributed by atoms with Crippen LogP contribution in [0, 0.1) is 17.3 Å². The van der Waals surface area contributed by atoms with Gasteiger partial charge in [0.2, 0.25) is 0 Å². The number of aliphatic hydroxyl groups is 1. The van der Waals surface area contributed by atoms with E-state index in [-0.39, 0.29) is 11.5 Å². The number of phenols is 1. The summed E-state index contributed by atoms with van der Waals surface area (Å²) >= 11 is 0. The zero-order chi connectivity index (χ0) is 25.6. The number of aromatic hydroxyl groups is 1. The Hall–Kier alpha value is -1.22. The van der Waals surface area contributed by atoms with Gasteiger partial charge in [0, 0.05) is 34.0 Å². The van der Waals surface area contributed by atoms with Crippen molar-refractivity contribution in [1.82, 2.24) is 0 Å². The van der Waals surface area contributed by atoms with Crippen LogP contribution in [0.3, 0.4) is 0 Å². The van der Waals surface area contributed by atoms with Gasteiger partial charge in [0.15, 0.2) is 0 Å². The molecule has 3 aliphatic carbocycles. The second kappa shape index (κ2) is 12.3. The first-order chi connectivity index (χ1) is 16.7. The lowest BCUT2D eigenvalue weighted by molar-refractivity contribution is -0.0226. The van der Waals surface area contributed by atoms with Gasteiger partial charge in [-0.1, -0.05) is 25.1 Å². The number of ether oxygens (including phenoxy) is 1. The van der Waals surface area contributed by atoms with Crippen LogP contribution in [-0.4, -0.2) is 59.7 Å². The number of fused-ring (bicyclic) bond motifs is 5. The van der Waals surface area contributed by atoms with E-state index < -0.39 is 8.80 Å². The minimum absolute atomic E-state index is 0.0883. The molecule has 0 aromatic heterocycles. The zero-order valence-corrected chi connectivity index (χ0v) is 23.3. The summed E-state index contributed by atoms with van der Waals surface area (Å²) in [5.74, 6) is 2.49. The van der Waals surface area contributed by atoms with E-state index in [9.17, 15) is 10.2 Å². The Morgan fingerprint density at radius 2 is 1.83 bits per heavy atom. The second-order valence-electron chi connectivity index (χ2n) is 10.8. The number of hydrogen-bond acceptors (Lipinski definition) is 6. The summed E-state index contributed by atoms with van der Waals surface area (Å²) < 4.78 is 21.2. The molecule has 2 N–H and O–H groups in total. The van der Waals surface area contributed by atoms with Gasteiger partial charge in [-0.2, -0.15) is 0 Å². The second-order valence-corrected chi connectivity index (χ2v) is 13.9. The van der Waals surface area contributed by atoms with Crippen LogP contribution in [-0.2, 0) is 24.4 Å². The maximum atomic E-state index is 10.4. The van der Waals surface area contributed by atoms with E-state index >= 15 is 0 Å². The van der Waals surface area contributed by atoms with Crippen molar-refractivity contribution in [1.29, 1.82) is 0 Å². The molecule has 5 atom stereocenters. The number of hydrogen-bond donors (Lipinski definition) is 2. The van der Waals surface area contributed by atoms with Crippen LogP contribution in [0.25, 0.3) is 0 Å². The van der Waals surface area contributed by atoms with Crippen molar-refractivity contribution in [3.8, 4) is 5.75 Å². The van der Waals surface area contributed by atoms with E-state index in [1.54, 1.807) is 21.3 Å². The van der Waals surface area contributed by atoms with Crippen LogP contribution in [0.15, 0.2) is 30.4 Å². The van der Waals surface area contributed by atoms with Gasteiger partial charge in [0.1, 0.15) is 5.75 Å². The first kappa shape index (κ1) is 28.3. The fourth-order valence-electron chi connectivity index (χ4n) is 6.73. The molecule has 35 heavy (non-hydrogen) atoms. The fraction of sp³-hybridized carbons (Fsp3) is 0.714. The molecule has 7 heteroatoms. The van der Waals surface area contributed by atoms with Crippen molar-refractivity contribution in [2.75, 3.05) is 34.5 Å². The maximum absolute atomic E-state index is 10.4. The lowest BCUT2D eigenvalue weighted by atomic mass is 9.55. The highest BCUT2D eigenvalue weighted by atomic mass is 28.4. The van der Waals surface area contributed by atoms with Crippen LogP contribution in [0.2, 0.25) is 6.04 Å². The van der Waals surface area contributed by atoms with Crippen LogP contribution in [0.5, 0.6) is 5.75 Å². The van der Waals surface area contributed by atoms with E-state index in [0.29, 0.717) is 30.8 Å². The number of aryl methyl sites for hydroxylation is 1. The van der Waals surface area contributed by atoms with Crippen molar-refractivity contribution < 1.29 is 28.2 Å². The van der Waals surface area contributed by atoms with E-state index in [2.05, 4.69) is 19.6 Å². The summed E-state index contributed by atoms with van der Waals surface area (Å²) in [6.45, 7) is 9.31. The van der Waals surface area contributed by atoms with Gasteiger partial charge in [-0.25, -0.2) is 0 Å². The predicted octanol–water partition coefficient (Wildman–Crippen LogP) is 5.46. The Morgan fingerprint density at radius 1 is 1.11 bits per heavy atom. The molecule has 1 aromatic rings. The summed E-state index contributed by atoms with van der Waals surface area (Å²) in [6, 6.07) is 6.73. The smallest absolute Gasteiger partial charge is 0.500 e. The number of benzene rings is 1. The largest absolute Gasteiger partial charge is 0.508 e. The molecule has 0 bridgehead atoms.